The Kier molecular flexibility index (Phi) is 27.3. The van der Waals surface area contributed by atoms with Crippen molar-refractivity contribution in [3.63, 3.8) is 0 Å². The Hall–Kier alpha value is -9.78. The molecule has 0 radical (unpaired) electrons. The molecule has 35 heteroatoms. The molecule has 118 heavy (non-hydrogen) atoms. The van der Waals surface area contributed by atoms with Crippen LogP contribution >= 0.6 is 46.4 Å². The van der Waals surface area contributed by atoms with Crippen molar-refractivity contribution >= 4 is 93.3 Å². The molecule has 18 atom stereocenters. The number of halogens is 4. The van der Waals surface area contributed by atoms with Crippen molar-refractivity contribution in [2.45, 2.75) is 183 Å². The number of phenolic OH excluding ortho intramolecular Hbond substituents is 3. The fourth-order valence-electron chi connectivity index (χ4n) is 15.1. The number of phenols is 3. The molecule has 0 aromatic heterocycles. The molecule has 7 aromatic carbocycles. The number of likely N-dealkylation sites (N-methyl/N-ethyl adjacent to an activating group) is 1. The van der Waals surface area contributed by atoms with Gasteiger partial charge >= 0.3 is 0 Å². The van der Waals surface area contributed by atoms with Crippen LogP contribution < -0.4 is 56.6 Å². The molecule has 14 rings (SSSR count). The van der Waals surface area contributed by atoms with E-state index in [1.165, 1.54) is 49.5 Å². The SMILES string of the molecule is CNC(CC(C)C)C(=O)NC1C(=O)CC(CC(N)=O)C(=O)NC2C(=O)CC3C(=O)NC(C(=O)NC(C(C)=O)c4cc(O)cc(O)c4-c4cc3ccc4O)C(O)c3ccc(c(Cl)c3)Oc3cc2cc(c3OC2OC(CO)C(O)C(O)C2OC2CC(C)(NCc3ccc(OCc4ccc(Cl)c(Cl)c4)cc3)C(O)C(C)O2)Oc2ccc(cc2Cl)C1O. The van der Waals surface area contributed by atoms with Crippen molar-refractivity contribution in [3.8, 4) is 62.9 Å². The molecule has 7 aromatic rings. The van der Waals surface area contributed by atoms with Gasteiger partial charge in [0, 0.05) is 55.0 Å². The molecule has 628 valence electrons. The van der Waals surface area contributed by atoms with E-state index in [9.17, 15) is 60.3 Å². The number of amides is 5. The number of primary amides is 1. The van der Waals surface area contributed by atoms with Crippen LogP contribution in [0, 0.1) is 11.8 Å². The van der Waals surface area contributed by atoms with Crippen LogP contribution in [0.25, 0.3) is 11.1 Å². The standard InChI is InChI=1S/C83H89Cl4N7O24/c1-35(2)19-54(89-6)80(110)93-69-57(100)24-44(27-64(88)102)78(108)92-68-43-25-61(114-59-17-11-41(71(69)103)22-52(59)86)75(118-82-76(74(106)73(105)63(33-95)116-82)117-65-31-83(5,77(107)37(4)113-65)90-32-38-7-13-46(14-8-38)112-34-39-9-15-50(84)51(85)20-39)62(26-43)115-60-18-12-42(23-53(60)87)72(104)70-81(111)91-67(36(3)96)49-28-45(97)29-56(99)66(49)48-21-40(10-16-55(48)98)47(30-58(68)101)79(109)94-70/h7-18,20-23,25-26,28-29,35,37,44,47,54,63,65,67-74,76-77,82,89-90,95,97-99,103-107H,19,24,27,30-34H2,1-6H3,(H2,88,102)(H,91,111)(H,92,108)(H,93,110)(H,94,109). The minimum absolute atomic E-state index is 0.0826. The second kappa shape index (κ2) is 36.8. The summed E-state index contributed by atoms with van der Waals surface area (Å²) in [4.78, 5) is 119. The maximum Gasteiger partial charge on any atom is 0.246 e. The summed E-state index contributed by atoms with van der Waals surface area (Å²) in [5.41, 5.74) is 4.32. The number of rotatable bonds is 19. The van der Waals surface area contributed by atoms with Crippen LogP contribution in [0.3, 0.4) is 0 Å². The lowest BCUT2D eigenvalue weighted by Crippen LogP contribution is -2.65. The van der Waals surface area contributed by atoms with Gasteiger partial charge < -0.3 is 117 Å². The molecule has 2 saturated heterocycles. The van der Waals surface area contributed by atoms with Crippen LogP contribution in [0.5, 0.6) is 51.7 Å². The molecule has 17 N–H and O–H groups in total. The molecule has 0 spiro atoms. The number of fused-ring (bicyclic) bond motifs is 15. The quantitative estimate of drug-likeness (QED) is 0.0377. The van der Waals surface area contributed by atoms with E-state index in [1.807, 2.05) is 26.0 Å². The number of aliphatic hydroxyl groups excluding tert-OH is 6. The zero-order valence-electron chi connectivity index (χ0n) is 64.3. The number of hydrogen-bond donors (Lipinski definition) is 16. The smallest absolute Gasteiger partial charge is 0.246 e. The van der Waals surface area contributed by atoms with Gasteiger partial charge in [0.25, 0.3) is 0 Å². The average molecular weight is 1710 g/mol. The lowest BCUT2D eigenvalue weighted by atomic mass is 9.84. The Morgan fingerprint density at radius 2 is 1.33 bits per heavy atom. The third kappa shape index (κ3) is 19.4. The van der Waals surface area contributed by atoms with Gasteiger partial charge in [-0.3, -0.25) is 38.4 Å². The van der Waals surface area contributed by atoms with Gasteiger partial charge in [-0.2, -0.15) is 0 Å². The van der Waals surface area contributed by atoms with E-state index >= 15 is 24.0 Å². The fraction of sp³-hybridized carbons (Fsp3) is 0.398. The van der Waals surface area contributed by atoms with E-state index in [-0.39, 0.29) is 92.4 Å². The molecular weight excluding hydrogens is 1620 g/mol. The number of nitrogens with one attached hydrogen (secondary N) is 6. The van der Waals surface area contributed by atoms with E-state index in [2.05, 4.69) is 31.9 Å². The highest BCUT2D eigenvalue weighted by molar-refractivity contribution is 6.42. The van der Waals surface area contributed by atoms with Crippen LogP contribution in [-0.4, -0.2) is 179 Å². The molecule has 31 nitrogen and oxygen atoms in total. The molecule has 18 unspecified atom stereocenters. The molecule has 7 heterocycles. The number of nitrogens with two attached hydrogens (primary N) is 1. The first kappa shape index (κ1) is 87.5. The maximum atomic E-state index is 16.4. The van der Waals surface area contributed by atoms with E-state index in [0.717, 1.165) is 54.4 Å². The van der Waals surface area contributed by atoms with Gasteiger partial charge in [-0.25, -0.2) is 0 Å². The number of hydrogen-bond acceptors (Lipinski definition) is 26. The molecule has 2 fully saturated rings. The van der Waals surface area contributed by atoms with Crippen LogP contribution in [0.1, 0.15) is 136 Å². The predicted molar refractivity (Wildman–Crippen MR) is 425 cm³/mol. The van der Waals surface area contributed by atoms with Crippen molar-refractivity contribution in [2.75, 3.05) is 13.7 Å². The molecule has 7 aliphatic rings. The normalized spacial score (nSPS) is 27.0. The summed E-state index contributed by atoms with van der Waals surface area (Å²) < 4.78 is 45.7. The first-order valence-electron chi connectivity index (χ1n) is 37.8. The summed E-state index contributed by atoms with van der Waals surface area (Å²) in [6.07, 6.45) is -20.3. The lowest BCUT2D eigenvalue weighted by molar-refractivity contribution is -0.334. The van der Waals surface area contributed by atoms with Gasteiger partial charge in [0.15, 0.2) is 41.2 Å². The molecular formula is C83H89Cl4N7O24. The number of benzene rings is 7. The molecule has 0 saturated carbocycles. The molecule has 11 bridgehead atoms. The summed E-state index contributed by atoms with van der Waals surface area (Å²) >= 11 is 26.7. The monoisotopic (exact) mass is 1710 g/mol. The van der Waals surface area contributed by atoms with Gasteiger partial charge in [-0.1, -0.05) is 96.6 Å². The third-order valence-corrected chi connectivity index (χ3v) is 22.8. The Labute approximate surface area is 696 Å². The van der Waals surface area contributed by atoms with Gasteiger partial charge in [0.1, 0.15) is 95.8 Å². The number of ketones is 3. The maximum absolute atomic E-state index is 16.4. The van der Waals surface area contributed by atoms with Gasteiger partial charge in [0.2, 0.25) is 41.6 Å². The number of carbonyl (C=O) groups excluding carboxylic acids is 8. The summed E-state index contributed by atoms with van der Waals surface area (Å²) in [5, 5.41) is 123. The predicted octanol–water partition coefficient (Wildman–Crippen LogP) is 7.30. The third-order valence-electron chi connectivity index (χ3n) is 21.5. The van der Waals surface area contributed by atoms with Crippen molar-refractivity contribution in [1.29, 1.82) is 0 Å². The molecule has 5 amide bonds. The van der Waals surface area contributed by atoms with Crippen LogP contribution in [0.15, 0.2) is 121 Å². The van der Waals surface area contributed by atoms with Crippen LogP contribution in [-0.2, 0) is 65.7 Å². The zero-order chi connectivity index (χ0) is 85.2. The largest absolute Gasteiger partial charge is 0.508 e. The highest BCUT2D eigenvalue weighted by Gasteiger charge is 2.52. The minimum Gasteiger partial charge on any atom is -0.508 e. The average Bonchev–Trinajstić information content (AvgIpc) is 0.767. The summed E-state index contributed by atoms with van der Waals surface area (Å²) in [6.45, 7) is 7.41. The summed E-state index contributed by atoms with van der Waals surface area (Å²) in [7, 11) is 1.50. The number of Topliss-reactive ketones (excluding diaryl/α,β-unsaturated/α-hetero) is 3. The Bertz CT molecular complexity index is 5010. The highest BCUT2D eigenvalue weighted by Crippen LogP contribution is 2.51. The van der Waals surface area contributed by atoms with Crippen molar-refractivity contribution in [2.24, 2.45) is 17.6 Å². The lowest BCUT2D eigenvalue weighted by Gasteiger charge is -2.48. The van der Waals surface area contributed by atoms with Gasteiger partial charge in [0.05, 0.1) is 56.8 Å². The van der Waals surface area contributed by atoms with Crippen molar-refractivity contribution in [3.05, 3.63) is 180 Å². The van der Waals surface area contributed by atoms with E-state index in [0.29, 0.717) is 15.8 Å². The van der Waals surface area contributed by atoms with Crippen molar-refractivity contribution in [1.82, 2.24) is 31.9 Å². The molecule has 7 aliphatic heterocycles. The van der Waals surface area contributed by atoms with E-state index in [1.54, 1.807) is 44.2 Å². The number of ether oxygens (including phenoxy) is 7. The number of aliphatic hydroxyl groups is 6. The topological polar surface area (TPSA) is 481 Å². The highest BCUT2D eigenvalue weighted by atomic mass is 35.5. The summed E-state index contributed by atoms with van der Waals surface area (Å²) in [6, 6.07) is 18.1. The van der Waals surface area contributed by atoms with Gasteiger partial charge in [-0.15, -0.1) is 0 Å². The first-order chi connectivity index (χ1) is 56.0. The Morgan fingerprint density at radius 3 is 1.95 bits per heavy atom. The second-order valence-electron chi connectivity index (χ2n) is 30.5. The zero-order valence-corrected chi connectivity index (χ0v) is 67.4. The van der Waals surface area contributed by atoms with Crippen LogP contribution in [0.2, 0.25) is 20.1 Å². The minimum atomic E-state index is -2.19. The van der Waals surface area contributed by atoms with Crippen molar-refractivity contribution < 1.29 is 117 Å². The van der Waals surface area contributed by atoms with E-state index in [4.69, 9.17) is 85.3 Å². The Balaban J connectivity index is 1.02. The van der Waals surface area contributed by atoms with E-state index < -0.39 is 216 Å². The number of aromatic hydroxyl groups is 3. The summed E-state index contributed by atoms with van der Waals surface area (Å²) in [5.74, 6) is -16.4. The second-order valence-corrected chi connectivity index (χ2v) is 32.1. The Morgan fingerprint density at radius 1 is 0.678 bits per heavy atom. The number of carbonyl (C=O) groups is 8. The fourth-order valence-corrected chi connectivity index (χ4v) is 15.9. The van der Waals surface area contributed by atoms with Gasteiger partial charge in [-0.05, 0) is 158 Å². The molecule has 0 aliphatic carbocycles. The van der Waals surface area contributed by atoms with Crippen LogP contribution in [0.4, 0.5) is 0 Å². The first-order valence-corrected chi connectivity index (χ1v) is 39.3.